The third-order valence-corrected chi connectivity index (χ3v) is 5.84. The molecule has 1 aromatic heterocycles. The number of carbonyl (C=O) groups is 1. The zero-order valence-corrected chi connectivity index (χ0v) is 16.1. The molecule has 6 heteroatoms. The summed E-state index contributed by atoms with van der Waals surface area (Å²) < 4.78 is 1.05. The largest absolute Gasteiger partial charge is 0.352 e. The Balaban J connectivity index is 1.57. The van der Waals surface area contributed by atoms with Crippen LogP contribution in [0.1, 0.15) is 39.0 Å². The maximum atomic E-state index is 12.4. The summed E-state index contributed by atoms with van der Waals surface area (Å²) in [5.41, 5.74) is 2.04. The van der Waals surface area contributed by atoms with Crippen molar-refractivity contribution in [1.82, 2.24) is 15.3 Å². The van der Waals surface area contributed by atoms with E-state index in [2.05, 4.69) is 31.2 Å². The van der Waals surface area contributed by atoms with E-state index in [-0.39, 0.29) is 11.2 Å². The molecule has 128 valence electrons. The lowest BCUT2D eigenvalue weighted by Crippen LogP contribution is -2.40. The van der Waals surface area contributed by atoms with Crippen LogP contribution >= 0.6 is 27.7 Å². The highest BCUT2D eigenvalue weighted by Crippen LogP contribution is 2.26. The Morgan fingerprint density at radius 2 is 2.00 bits per heavy atom. The standard InChI is InChI=1S/C18H22BrN3OS/c1-12(17(23)21-15-5-3-2-4-6-15)24-18-20-11-16(22-18)13-7-9-14(19)10-8-13/h7-12,15H,2-6H2,1H3,(H,20,22)(H,21,23)/t12-/m0/s1. The van der Waals surface area contributed by atoms with Gasteiger partial charge in [0, 0.05) is 10.5 Å². The van der Waals surface area contributed by atoms with E-state index in [0.29, 0.717) is 6.04 Å². The van der Waals surface area contributed by atoms with E-state index >= 15 is 0 Å². The van der Waals surface area contributed by atoms with Crippen LogP contribution in [0, 0.1) is 0 Å². The number of nitrogens with zero attached hydrogens (tertiary/aromatic N) is 1. The summed E-state index contributed by atoms with van der Waals surface area (Å²) in [5, 5.41) is 3.80. The number of hydrogen-bond acceptors (Lipinski definition) is 3. The molecule has 1 aliphatic carbocycles. The molecule has 1 aliphatic rings. The third kappa shape index (κ3) is 4.63. The summed E-state index contributed by atoms with van der Waals surface area (Å²) in [5.74, 6) is 0.105. The lowest BCUT2D eigenvalue weighted by Gasteiger charge is -2.24. The Kier molecular flexibility index (Phi) is 6.00. The number of thioether (sulfide) groups is 1. The predicted molar refractivity (Wildman–Crippen MR) is 102 cm³/mol. The second kappa shape index (κ2) is 8.21. The van der Waals surface area contributed by atoms with Gasteiger partial charge < -0.3 is 10.3 Å². The maximum Gasteiger partial charge on any atom is 0.233 e. The van der Waals surface area contributed by atoms with Crippen LogP contribution < -0.4 is 5.32 Å². The first-order valence-corrected chi connectivity index (χ1v) is 10.1. The van der Waals surface area contributed by atoms with Gasteiger partial charge in [-0.05, 0) is 37.5 Å². The zero-order chi connectivity index (χ0) is 16.9. The number of amides is 1. The molecule has 1 saturated carbocycles. The van der Waals surface area contributed by atoms with E-state index in [1.807, 2.05) is 37.4 Å². The predicted octanol–water partition coefficient (Wildman–Crippen LogP) is 4.77. The molecule has 0 radical (unpaired) electrons. The van der Waals surface area contributed by atoms with Crippen molar-refractivity contribution in [1.29, 1.82) is 0 Å². The Hall–Kier alpha value is -1.27. The molecule has 0 saturated heterocycles. The van der Waals surface area contributed by atoms with Gasteiger partial charge in [-0.2, -0.15) is 0 Å². The summed E-state index contributed by atoms with van der Waals surface area (Å²) in [6.07, 6.45) is 7.77. The Bertz CT molecular complexity index is 680. The molecule has 1 fully saturated rings. The summed E-state index contributed by atoms with van der Waals surface area (Å²) in [4.78, 5) is 20.0. The fraction of sp³-hybridized carbons (Fsp3) is 0.444. The van der Waals surface area contributed by atoms with Crippen LogP contribution in [0.3, 0.4) is 0 Å². The van der Waals surface area contributed by atoms with Crippen LogP contribution in [-0.4, -0.2) is 27.2 Å². The normalized spacial score (nSPS) is 16.8. The average Bonchev–Trinajstić information content (AvgIpc) is 3.05. The van der Waals surface area contributed by atoms with Gasteiger partial charge in [-0.15, -0.1) is 0 Å². The van der Waals surface area contributed by atoms with E-state index in [9.17, 15) is 4.79 Å². The van der Waals surface area contributed by atoms with E-state index in [1.165, 1.54) is 31.0 Å². The van der Waals surface area contributed by atoms with Crippen molar-refractivity contribution < 1.29 is 4.79 Å². The summed E-state index contributed by atoms with van der Waals surface area (Å²) in [6.45, 7) is 1.94. The Labute approximate surface area is 155 Å². The molecule has 1 heterocycles. The Morgan fingerprint density at radius 3 is 2.71 bits per heavy atom. The van der Waals surface area contributed by atoms with Gasteiger partial charge >= 0.3 is 0 Å². The minimum atomic E-state index is -0.157. The highest BCUT2D eigenvalue weighted by Gasteiger charge is 2.21. The van der Waals surface area contributed by atoms with Crippen molar-refractivity contribution in [3.05, 3.63) is 34.9 Å². The lowest BCUT2D eigenvalue weighted by molar-refractivity contribution is -0.121. The highest BCUT2D eigenvalue weighted by atomic mass is 79.9. The van der Waals surface area contributed by atoms with E-state index in [0.717, 1.165) is 33.7 Å². The molecule has 0 spiro atoms. The number of carbonyl (C=O) groups excluding carboxylic acids is 1. The SMILES string of the molecule is C[C@H](Sc1ncc(-c2ccc(Br)cc2)[nH]1)C(=O)NC1CCCCC1. The summed E-state index contributed by atoms with van der Waals surface area (Å²) >= 11 is 4.91. The van der Waals surface area contributed by atoms with Crippen molar-refractivity contribution in [2.75, 3.05) is 0 Å². The fourth-order valence-corrected chi connectivity index (χ4v) is 3.98. The van der Waals surface area contributed by atoms with Crippen LogP contribution in [0.15, 0.2) is 40.1 Å². The zero-order valence-electron chi connectivity index (χ0n) is 13.7. The quantitative estimate of drug-likeness (QED) is 0.701. The van der Waals surface area contributed by atoms with Crippen LogP contribution in [-0.2, 0) is 4.79 Å². The molecule has 3 rings (SSSR count). The molecule has 4 nitrogen and oxygen atoms in total. The second-order valence-electron chi connectivity index (χ2n) is 6.21. The molecule has 0 unspecified atom stereocenters. The number of halogens is 1. The molecule has 24 heavy (non-hydrogen) atoms. The second-order valence-corrected chi connectivity index (χ2v) is 8.46. The summed E-state index contributed by atoms with van der Waals surface area (Å²) in [6, 6.07) is 8.42. The van der Waals surface area contributed by atoms with Crippen LogP contribution in [0.2, 0.25) is 0 Å². The van der Waals surface area contributed by atoms with Crippen molar-refractivity contribution in [3.8, 4) is 11.3 Å². The van der Waals surface area contributed by atoms with Gasteiger partial charge in [0.25, 0.3) is 0 Å². The van der Waals surface area contributed by atoms with Crippen LogP contribution in [0.25, 0.3) is 11.3 Å². The van der Waals surface area contributed by atoms with Crippen molar-refractivity contribution in [3.63, 3.8) is 0 Å². The number of rotatable bonds is 5. The number of H-pyrrole nitrogens is 1. The van der Waals surface area contributed by atoms with Gasteiger partial charge in [0.2, 0.25) is 5.91 Å². The first kappa shape index (κ1) is 17.5. The van der Waals surface area contributed by atoms with Gasteiger partial charge in [-0.3, -0.25) is 4.79 Å². The average molecular weight is 408 g/mol. The van der Waals surface area contributed by atoms with Crippen molar-refractivity contribution in [2.24, 2.45) is 0 Å². The van der Waals surface area contributed by atoms with Crippen LogP contribution in [0.5, 0.6) is 0 Å². The van der Waals surface area contributed by atoms with E-state index in [1.54, 1.807) is 0 Å². The number of benzene rings is 1. The minimum Gasteiger partial charge on any atom is -0.352 e. The highest BCUT2D eigenvalue weighted by molar-refractivity contribution is 9.10. The monoisotopic (exact) mass is 407 g/mol. The minimum absolute atomic E-state index is 0.105. The first-order valence-electron chi connectivity index (χ1n) is 8.40. The van der Waals surface area contributed by atoms with Crippen LogP contribution in [0.4, 0.5) is 0 Å². The smallest absolute Gasteiger partial charge is 0.233 e. The van der Waals surface area contributed by atoms with Gasteiger partial charge in [0.05, 0.1) is 17.1 Å². The third-order valence-electron chi connectivity index (χ3n) is 4.32. The van der Waals surface area contributed by atoms with Gasteiger partial charge in [0.1, 0.15) is 0 Å². The molecule has 2 aromatic rings. The van der Waals surface area contributed by atoms with E-state index in [4.69, 9.17) is 0 Å². The number of imidazole rings is 1. The number of hydrogen-bond donors (Lipinski definition) is 2. The number of nitrogens with one attached hydrogen (secondary N) is 2. The van der Waals surface area contributed by atoms with Gasteiger partial charge in [-0.25, -0.2) is 4.98 Å². The molecule has 1 aromatic carbocycles. The molecular formula is C18H22BrN3OS. The topological polar surface area (TPSA) is 57.8 Å². The van der Waals surface area contributed by atoms with Gasteiger partial charge in [-0.1, -0.05) is 59.1 Å². The van der Waals surface area contributed by atoms with Gasteiger partial charge in [0.15, 0.2) is 5.16 Å². The first-order chi connectivity index (χ1) is 11.6. The van der Waals surface area contributed by atoms with Crippen molar-refractivity contribution in [2.45, 2.75) is 55.5 Å². The maximum absolute atomic E-state index is 12.4. The molecule has 2 N–H and O–H groups in total. The molecule has 0 aliphatic heterocycles. The molecule has 1 amide bonds. The van der Waals surface area contributed by atoms with E-state index < -0.39 is 0 Å². The molecule has 1 atom stereocenters. The molecule has 0 bridgehead atoms. The Morgan fingerprint density at radius 1 is 1.29 bits per heavy atom. The van der Waals surface area contributed by atoms with Crippen molar-refractivity contribution >= 4 is 33.6 Å². The number of aromatic amines is 1. The number of aromatic nitrogens is 2. The summed E-state index contributed by atoms with van der Waals surface area (Å²) in [7, 11) is 0. The fourth-order valence-electron chi connectivity index (χ4n) is 2.93. The molecular weight excluding hydrogens is 386 g/mol. The lowest BCUT2D eigenvalue weighted by atomic mass is 9.95.